The maximum Gasteiger partial charge on any atom is 0.190 e. The number of hydrogen-bond acceptors (Lipinski definition) is 2. The van der Waals surface area contributed by atoms with E-state index >= 15 is 0 Å². The van der Waals surface area contributed by atoms with Crippen LogP contribution in [-0.2, 0) is 0 Å². The van der Waals surface area contributed by atoms with Crippen LogP contribution in [0, 0.1) is 5.82 Å². The minimum Gasteiger partial charge on any atom is -0.356 e. The fourth-order valence-corrected chi connectivity index (χ4v) is 2.32. The van der Waals surface area contributed by atoms with Crippen molar-refractivity contribution >= 4 is 17.7 Å². The lowest BCUT2D eigenvalue weighted by Gasteiger charge is -2.10. The molecule has 1 rings (SSSR count). The molecule has 0 atom stereocenters. The number of thioether (sulfide) groups is 1. The lowest BCUT2D eigenvalue weighted by Crippen LogP contribution is -2.38. The van der Waals surface area contributed by atoms with Crippen molar-refractivity contribution in [1.29, 1.82) is 0 Å². The molecular weight excluding hydrogens is 261 g/mol. The summed E-state index contributed by atoms with van der Waals surface area (Å²) in [5, 5.41) is 6.49. The van der Waals surface area contributed by atoms with Gasteiger partial charge in [-0.25, -0.2) is 4.39 Å². The molecule has 1 aromatic carbocycles. The molecule has 0 aliphatic carbocycles. The number of nitrogens with one attached hydrogen (secondary N) is 2. The van der Waals surface area contributed by atoms with E-state index < -0.39 is 0 Å². The van der Waals surface area contributed by atoms with Crippen LogP contribution in [0.3, 0.4) is 0 Å². The van der Waals surface area contributed by atoms with Gasteiger partial charge in [0.25, 0.3) is 0 Å². The Hall–Kier alpha value is -1.23. The lowest BCUT2D eigenvalue weighted by atomic mass is 10.4. The summed E-state index contributed by atoms with van der Waals surface area (Å²) < 4.78 is 12.7. The molecular formula is C14H22FN3S. The molecule has 0 fully saturated rings. The zero-order chi connectivity index (χ0) is 13.9. The molecule has 1 aromatic rings. The highest BCUT2D eigenvalue weighted by atomic mass is 32.2. The molecule has 3 nitrogen and oxygen atoms in total. The number of benzene rings is 1. The largest absolute Gasteiger partial charge is 0.356 e. The third kappa shape index (κ3) is 7.06. The third-order valence-corrected chi connectivity index (χ3v) is 3.56. The van der Waals surface area contributed by atoms with E-state index in [0.717, 1.165) is 42.5 Å². The van der Waals surface area contributed by atoms with Crippen molar-refractivity contribution in [3.63, 3.8) is 0 Å². The molecule has 2 N–H and O–H groups in total. The molecule has 0 heterocycles. The monoisotopic (exact) mass is 283 g/mol. The minimum absolute atomic E-state index is 0.184. The van der Waals surface area contributed by atoms with Gasteiger partial charge < -0.3 is 10.6 Å². The average molecular weight is 283 g/mol. The molecule has 0 radical (unpaired) electrons. The van der Waals surface area contributed by atoms with Gasteiger partial charge >= 0.3 is 0 Å². The summed E-state index contributed by atoms with van der Waals surface area (Å²) in [6.07, 6.45) is 2.12. The van der Waals surface area contributed by atoms with Crippen molar-refractivity contribution in [3.05, 3.63) is 30.1 Å². The van der Waals surface area contributed by atoms with E-state index in [4.69, 9.17) is 0 Å². The molecule has 0 saturated heterocycles. The molecule has 0 saturated carbocycles. The first kappa shape index (κ1) is 15.8. The molecule has 0 aliphatic rings. The van der Waals surface area contributed by atoms with Crippen LogP contribution in [0.5, 0.6) is 0 Å². The van der Waals surface area contributed by atoms with Crippen LogP contribution in [-0.4, -0.2) is 31.8 Å². The second-order valence-electron chi connectivity index (χ2n) is 4.08. The van der Waals surface area contributed by atoms with Crippen LogP contribution < -0.4 is 10.6 Å². The SMILES string of the molecule is CCCNC(=NC)NCCCSc1ccc(F)cc1. The maximum atomic E-state index is 12.7. The van der Waals surface area contributed by atoms with Crippen LogP contribution in [0.15, 0.2) is 34.2 Å². The van der Waals surface area contributed by atoms with Gasteiger partial charge in [0.1, 0.15) is 5.82 Å². The van der Waals surface area contributed by atoms with Crippen LogP contribution in [0.25, 0.3) is 0 Å². The molecule has 0 aromatic heterocycles. The number of halogens is 1. The average Bonchev–Trinajstić information content (AvgIpc) is 2.44. The number of nitrogens with zero attached hydrogens (tertiary/aromatic N) is 1. The summed E-state index contributed by atoms with van der Waals surface area (Å²) in [4.78, 5) is 5.24. The minimum atomic E-state index is -0.184. The molecule has 0 bridgehead atoms. The van der Waals surface area contributed by atoms with Gasteiger partial charge in [0.15, 0.2) is 5.96 Å². The van der Waals surface area contributed by atoms with E-state index in [1.54, 1.807) is 18.8 Å². The fraction of sp³-hybridized carbons (Fsp3) is 0.500. The van der Waals surface area contributed by atoms with Crippen molar-refractivity contribution in [2.45, 2.75) is 24.7 Å². The standard InChI is InChI=1S/C14H22FN3S/c1-3-9-17-14(16-2)18-10-4-11-19-13-7-5-12(15)6-8-13/h5-8H,3-4,9-11H2,1-2H3,(H2,16,17,18). The highest BCUT2D eigenvalue weighted by Crippen LogP contribution is 2.18. The van der Waals surface area contributed by atoms with Crippen molar-refractivity contribution < 1.29 is 4.39 Å². The number of guanidine groups is 1. The Morgan fingerprint density at radius 3 is 2.53 bits per heavy atom. The molecule has 19 heavy (non-hydrogen) atoms. The van der Waals surface area contributed by atoms with Crippen molar-refractivity contribution in [3.8, 4) is 0 Å². The Morgan fingerprint density at radius 2 is 1.89 bits per heavy atom. The van der Waals surface area contributed by atoms with Crippen LogP contribution in [0.4, 0.5) is 4.39 Å². The van der Waals surface area contributed by atoms with Gasteiger partial charge in [-0.1, -0.05) is 6.92 Å². The van der Waals surface area contributed by atoms with Gasteiger partial charge in [0.05, 0.1) is 0 Å². The van der Waals surface area contributed by atoms with Crippen LogP contribution in [0.1, 0.15) is 19.8 Å². The van der Waals surface area contributed by atoms with Gasteiger partial charge in [-0.15, -0.1) is 11.8 Å². The predicted octanol–water partition coefficient (Wildman–Crippen LogP) is 2.88. The van der Waals surface area contributed by atoms with Crippen molar-refractivity contribution in [2.75, 3.05) is 25.9 Å². The van der Waals surface area contributed by atoms with E-state index in [2.05, 4.69) is 22.5 Å². The highest BCUT2D eigenvalue weighted by Gasteiger charge is 1.97. The quantitative estimate of drug-likeness (QED) is 0.350. The Balaban J connectivity index is 2.12. The first-order valence-corrected chi connectivity index (χ1v) is 7.57. The molecule has 0 aliphatic heterocycles. The van der Waals surface area contributed by atoms with Crippen LogP contribution in [0.2, 0.25) is 0 Å². The molecule has 0 spiro atoms. The van der Waals surface area contributed by atoms with Gasteiger partial charge in [0, 0.05) is 25.0 Å². The fourth-order valence-electron chi connectivity index (χ4n) is 1.46. The second-order valence-corrected chi connectivity index (χ2v) is 5.25. The third-order valence-electron chi connectivity index (χ3n) is 2.46. The molecule has 5 heteroatoms. The topological polar surface area (TPSA) is 36.4 Å². The van der Waals surface area contributed by atoms with Gasteiger partial charge in [-0.05, 0) is 42.9 Å². The van der Waals surface area contributed by atoms with Gasteiger partial charge in [-0.2, -0.15) is 0 Å². The zero-order valence-electron chi connectivity index (χ0n) is 11.6. The predicted molar refractivity (Wildman–Crippen MR) is 81.4 cm³/mol. The van der Waals surface area contributed by atoms with E-state index in [1.807, 2.05) is 12.1 Å². The Bertz CT molecular complexity index is 379. The molecule has 0 amide bonds. The zero-order valence-corrected chi connectivity index (χ0v) is 12.4. The molecule has 0 unspecified atom stereocenters. The summed E-state index contributed by atoms with van der Waals surface area (Å²) in [6, 6.07) is 6.62. The van der Waals surface area contributed by atoms with Crippen LogP contribution >= 0.6 is 11.8 Å². The van der Waals surface area contributed by atoms with E-state index in [9.17, 15) is 4.39 Å². The van der Waals surface area contributed by atoms with Gasteiger partial charge in [0.2, 0.25) is 0 Å². The first-order chi connectivity index (χ1) is 9.26. The smallest absolute Gasteiger partial charge is 0.190 e. The maximum absolute atomic E-state index is 12.7. The Kier molecular flexibility index (Phi) is 8.05. The summed E-state index contributed by atoms with van der Waals surface area (Å²) in [5.74, 6) is 1.68. The highest BCUT2D eigenvalue weighted by molar-refractivity contribution is 7.99. The summed E-state index contributed by atoms with van der Waals surface area (Å²) >= 11 is 1.74. The Labute approximate surface area is 119 Å². The summed E-state index contributed by atoms with van der Waals surface area (Å²) in [7, 11) is 1.78. The van der Waals surface area contributed by atoms with E-state index in [1.165, 1.54) is 12.1 Å². The van der Waals surface area contributed by atoms with E-state index in [0.29, 0.717) is 0 Å². The van der Waals surface area contributed by atoms with E-state index in [-0.39, 0.29) is 5.82 Å². The summed E-state index contributed by atoms with van der Waals surface area (Å²) in [6.45, 7) is 3.95. The number of aliphatic imine (C=N–C) groups is 1. The molecule has 106 valence electrons. The number of hydrogen-bond donors (Lipinski definition) is 2. The van der Waals surface area contributed by atoms with Crippen molar-refractivity contribution in [1.82, 2.24) is 10.6 Å². The Morgan fingerprint density at radius 1 is 1.21 bits per heavy atom. The lowest BCUT2D eigenvalue weighted by molar-refractivity contribution is 0.626. The normalized spacial score (nSPS) is 11.4. The number of rotatable bonds is 7. The summed E-state index contributed by atoms with van der Waals surface area (Å²) in [5.41, 5.74) is 0. The van der Waals surface area contributed by atoms with Gasteiger partial charge in [-0.3, -0.25) is 4.99 Å². The van der Waals surface area contributed by atoms with Crippen molar-refractivity contribution in [2.24, 2.45) is 4.99 Å². The first-order valence-electron chi connectivity index (χ1n) is 6.59. The second kappa shape index (κ2) is 9.67.